The molecule has 0 aliphatic carbocycles. The third-order valence-corrected chi connectivity index (χ3v) is 2.49. The van der Waals surface area contributed by atoms with E-state index >= 15 is 0 Å². The zero-order valence-electron chi connectivity index (χ0n) is 9.05. The summed E-state index contributed by atoms with van der Waals surface area (Å²) in [5, 5.41) is 8.80. The van der Waals surface area contributed by atoms with Crippen molar-refractivity contribution in [3.05, 3.63) is 59.7 Å². The van der Waals surface area contributed by atoms with Crippen molar-refractivity contribution in [3.63, 3.8) is 0 Å². The number of carboxylic acids is 1. The minimum Gasteiger partial charge on any atom is -0.478 e. The van der Waals surface area contributed by atoms with Gasteiger partial charge in [0.2, 0.25) is 0 Å². The van der Waals surface area contributed by atoms with Gasteiger partial charge in [0, 0.05) is 5.56 Å². The first kappa shape index (κ1) is 11.0. The van der Waals surface area contributed by atoms with Crippen LogP contribution in [0.4, 0.5) is 0 Å². The molecule has 17 heavy (non-hydrogen) atoms. The zero-order chi connectivity index (χ0) is 12.3. The van der Waals surface area contributed by atoms with Crippen molar-refractivity contribution >= 4 is 5.97 Å². The Morgan fingerprint density at radius 3 is 2.35 bits per heavy atom. The molecular formula is C15H10O2. The molecule has 0 aliphatic rings. The molecule has 0 amide bonds. The van der Waals surface area contributed by atoms with Gasteiger partial charge in [-0.1, -0.05) is 30.2 Å². The van der Waals surface area contributed by atoms with E-state index in [-0.39, 0.29) is 5.56 Å². The van der Waals surface area contributed by atoms with Crippen molar-refractivity contribution in [2.24, 2.45) is 0 Å². The van der Waals surface area contributed by atoms with Crippen LogP contribution < -0.4 is 0 Å². The van der Waals surface area contributed by atoms with Crippen molar-refractivity contribution in [3.8, 4) is 23.5 Å². The second kappa shape index (κ2) is 4.54. The topological polar surface area (TPSA) is 37.3 Å². The Morgan fingerprint density at radius 2 is 1.76 bits per heavy atom. The van der Waals surface area contributed by atoms with Gasteiger partial charge < -0.3 is 5.11 Å². The van der Waals surface area contributed by atoms with Gasteiger partial charge in [-0.25, -0.2) is 4.79 Å². The molecule has 2 aromatic carbocycles. The van der Waals surface area contributed by atoms with Gasteiger partial charge in [0.15, 0.2) is 0 Å². The molecule has 0 bridgehead atoms. The van der Waals surface area contributed by atoms with E-state index in [2.05, 4.69) is 5.92 Å². The number of carbonyl (C=O) groups is 1. The average Bonchev–Trinajstić information content (AvgIpc) is 2.39. The average molecular weight is 222 g/mol. The molecule has 0 unspecified atom stereocenters. The van der Waals surface area contributed by atoms with Crippen LogP contribution in [-0.2, 0) is 0 Å². The lowest BCUT2D eigenvalue weighted by molar-refractivity contribution is 0.0697. The van der Waals surface area contributed by atoms with E-state index in [0.717, 1.165) is 16.7 Å². The van der Waals surface area contributed by atoms with Crippen LogP contribution in [0.2, 0.25) is 0 Å². The van der Waals surface area contributed by atoms with Crippen molar-refractivity contribution < 1.29 is 9.90 Å². The summed E-state index contributed by atoms with van der Waals surface area (Å²) in [6, 6.07) is 14.3. The Bertz CT molecular complexity index is 589. The molecule has 0 fully saturated rings. The summed E-state index contributed by atoms with van der Waals surface area (Å²) in [6.45, 7) is 0. The van der Waals surface area contributed by atoms with Crippen LogP contribution >= 0.6 is 0 Å². The maximum atomic E-state index is 10.7. The number of hydrogen-bond acceptors (Lipinski definition) is 1. The quantitative estimate of drug-likeness (QED) is 0.793. The Morgan fingerprint density at radius 1 is 1.06 bits per heavy atom. The molecule has 0 aromatic heterocycles. The summed E-state index contributed by atoms with van der Waals surface area (Å²) in [6.07, 6.45) is 5.33. The fourth-order valence-electron chi connectivity index (χ4n) is 1.59. The second-order valence-electron chi connectivity index (χ2n) is 3.61. The van der Waals surface area contributed by atoms with Crippen LogP contribution in [0.25, 0.3) is 11.1 Å². The Kier molecular flexibility index (Phi) is 2.93. The van der Waals surface area contributed by atoms with Crippen molar-refractivity contribution in [1.82, 2.24) is 0 Å². The van der Waals surface area contributed by atoms with Gasteiger partial charge in [-0.05, 0) is 35.4 Å². The lowest BCUT2D eigenvalue weighted by atomic mass is 10.0. The van der Waals surface area contributed by atoms with Crippen LogP contribution in [-0.4, -0.2) is 11.1 Å². The molecule has 0 aliphatic heterocycles. The molecule has 82 valence electrons. The summed E-state index contributed by atoms with van der Waals surface area (Å²) in [4.78, 5) is 10.7. The first-order valence-corrected chi connectivity index (χ1v) is 5.11. The van der Waals surface area contributed by atoms with E-state index in [4.69, 9.17) is 11.5 Å². The number of carboxylic acid groups (broad SMARTS) is 1. The predicted molar refractivity (Wildman–Crippen MR) is 66.8 cm³/mol. The molecule has 0 spiro atoms. The van der Waals surface area contributed by atoms with E-state index in [0.29, 0.717) is 0 Å². The van der Waals surface area contributed by atoms with Gasteiger partial charge in [0.25, 0.3) is 0 Å². The van der Waals surface area contributed by atoms with E-state index in [9.17, 15) is 4.79 Å². The van der Waals surface area contributed by atoms with E-state index < -0.39 is 5.97 Å². The molecule has 0 saturated heterocycles. The Balaban J connectivity index is 2.40. The molecule has 1 N–H and O–H groups in total. The van der Waals surface area contributed by atoms with Crippen LogP contribution in [0.3, 0.4) is 0 Å². The van der Waals surface area contributed by atoms with E-state index in [1.807, 2.05) is 24.3 Å². The molecular weight excluding hydrogens is 212 g/mol. The largest absolute Gasteiger partial charge is 0.478 e. The third kappa shape index (κ3) is 2.35. The molecule has 2 nitrogen and oxygen atoms in total. The van der Waals surface area contributed by atoms with Gasteiger partial charge in [0.1, 0.15) is 0 Å². The first-order valence-electron chi connectivity index (χ1n) is 5.11. The third-order valence-electron chi connectivity index (χ3n) is 2.49. The van der Waals surface area contributed by atoms with Gasteiger partial charge in [-0.2, -0.15) is 0 Å². The second-order valence-corrected chi connectivity index (χ2v) is 3.61. The normalized spacial score (nSPS) is 9.59. The summed E-state index contributed by atoms with van der Waals surface area (Å²) < 4.78 is 0. The minimum absolute atomic E-state index is 0.279. The minimum atomic E-state index is -0.922. The van der Waals surface area contributed by atoms with Crippen LogP contribution in [0, 0.1) is 12.3 Å². The lowest BCUT2D eigenvalue weighted by Crippen LogP contribution is -1.94. The van der Waals surface area contributed by atoms with Crippen LogP contribution in [0.5, 0.6) is 0 Å². The predicted octanol–water partition coefficient (Wildman–Crippen LogP) is 3.03. The SMILES string of the molecule is C#Cc1cccc(-c2ccc(C(=O)O)cc2)c1. The van der Waals surface area contributed by atoms with E-state index in [1.165, 1.54) is 0 Å². The van der Waals surface area contributed by atoms with Crippen LogP contribution in [0.15, 0.2) is 48.5 Å². The van der Waals surface area contributed by atoms with Gasteiger partial charge in [-0.15, -0.1) is 6.42 Å². The standard InChI is InChI=1S/C15H10O2/c1-2-11-4-3-5-14(10-11)12-6-8-13(9-7-12)15(16)17/h1,3-10H,(H,16,17). The Hall–Kier alpha value is -2.53. The zero-order valence-corrected chi connectivity index (χ0v) is 9.05. The molecule has 2 heteroatoms. The number of terminal acetylenes is 1. The molecule has 2 rings (SSSR count). The summed E-state index contributed by atoms with van der Waals surface area (Å²) in [7, 11) is 0. The number of hydrogen-bond donors (Lipinski definition) is 1. The lowest BCUT2D eigenvalue weighted by Gasteiger charge is -2.03. The number of aromatic carboxylic acids is 1. The fourth-order valence-corrected chi connectivity index (χ4v) is 1.59. The molecule has 0 atom stereocenters. The van der Waals surface area contributed by atoms with Crippen molar-refractivity contribution in [2.75, 3.05) is 0 Å². The highest BCUT2D eigenvalue weighted by Crippen LogP contribution is 2.20. The molecule has 0 radical (unpaired) electrons. The number of benzene rings is 2. The first-order chi connectivity index (χ1) is 8.20. The molecule has 2 aromatic rings. The van der Waals surface area contributed by atoms with Gasteiger partial charge in [0.05, 0.1) is 5.56 Å². The summed E-state index contributed by atoms with van der Waals surface area (Å²) >= 11 is 0. The van der Waals surface area contributed by atoms with Gasteiger partial charge in [-0.3, -0.25) is 0 Å². The highest BCUT2D eigenvalue weighted by molar-refractivity contribution is 5.88. The van der Waals surface area contributed by atoms with E-state index in [1.54, 1.807) is 24.3 Å². The highest BCUT2D eigenvalue weighted by Gasteiger charge is 2.03. The molecule has 0 saturated carbocycles. The fraction of sp³-hybridized carbons (Fsp3) is 0. The van der Waals surface area contributed by atoms with Crippen LogP contribution in [0.1, 0.15) is 15.9 Å². The van der Waals surface area contributed by atoms with Gasteiger partial charge >= 0.3 is 5.97 Å². The monoisotopic (exact) mass is 222 g/mol. The molecule has 0 heterocycles. The summed E-state index contributed by atoms with van der Waals surface area (Å²) in [5.74, 6) is 1.65. The Labute approximate surface area is 99.5 Å². The van der Waals surface area contributed by atoms with Crippen molar-refractivity contribution in [2.45, 2.75) is 0 Å². The highest BCUT2D eigenvalue weighted by atomic mass is 16.4. The number of rotatable bonds is 2. The summed E-state index contributed by atoms with van der Waals surface area (Å²) in [5.41, 5.74) is 3.02. The maximum absolute atomic E-state index is 10.7. The smallest absolute Gasteiger partial charge is 0.335 e. The maximum Gasteiger partial charge on any atom is 0.335 e. The van der Waals surface area contributed by atoms with Crippen molar-refractivity contribution in [1.29, 1.82) is 0 Å².